The van der Waals surface area contributed by atoms with Crippen LogP contribution in [0.25, 0.3) is 5.65 Å². The number of nitrogens with one attached hydrogen (secondary N) is 1. The van der Waals surface area contributed by atoms with Crippen molar-refractivity contribution in [2.45, 2.75) is 13.8 Å². The van der Waals surface area contributed by atoms with Gasteiger partial charge in [0.2, 0.25) is 5.95 Å². The minimum absolute atomic E-state index is 0.623. The summed E-state index contributed by atoms with van der Waals surface area (Å²) in [4.78, 5) is 4.44. The van der Waals surface area contributed by atoms with Gasteiger partial charge >= 0.3 is 0 Å². The Morgan fingerprint density at radius 3 is 3.00 bits per heavy atom. The van der Waals surface area contributed by atoms with Gasteiger partial charge in [0.1, 0.15) is 0 Å². The predicted octanol–water partition coefficient (Wildman–Crippen LogP) is 2.45. The van der Waals surface area contributed by atoms with Crippen LogP contribution in [0.1, 0.15) is 12.6 Å². The number of aromatic nitrogens is 3. The van der Waals surface area contributed by atoms with Crippen molar-refractivity contribution in [1.29, 1.82) is 0 Å². The Morgan fingerprint density at radius 2 is 2.29 bits per heavy atom. The molecule has 0 saturated heterocycles. The molecule has 1 atom stereocenters. The molecule has 4 nitrogen and oxygen atoms in total. The number of fused-ring (bicyclic) bond motifs is 1. The van der Waals surface area contributed by atoms with Crippen molar-refractivity contribution in [3.8, 4) is 0 Å². The number of anilines is 1. The van der Waals surface area contributed by atoms with E-state index in [0.717, 1.165) is 23.6 Å². The highest BCUT2D eigenvalue weighted by atomic mass is 32.2. The standard InChI is InChI=1S/C12H18N4S/c1-9(8-17-3)7-13-12-14-11-6-4-5-10(2)16(11)15-12/h4-6,9H,7-8H2,1-3H3,(H,13,15). The summed E-state index contributed by atoms with van der Waals surface area (Å²) in [6.45, 7) is 5.17. The fourth-order valence-electron chi connectivity index (χ4n) is 1.72. The molecule has 0 radical (unpaired) electrons. The van der Waals surface area contributed by atoms with Crippen molar-refractivity contribution in [2.24, 2.45) is 5.92 Å². The summed E-state index contributed by atoms with van der Waals surface area (Å²) in [5.74, 6) is 2.49. The molecule has 2 aromatic rings. The Balaban J connectivity index is 2.07. The highest BCUT2D eigenvalue weighted by molar-refractivity contribution is 7.98. The minimum Gasteiger partial charge on any atom is -0.353 e. The highest BCUT2D eigenvalue weighted by Gasteiger charge is 2.06. The summed E-state index contributed by atoms with van der Waals surface area (Å²) in [6, 6.07) is 6.00. The molecular weight excluding hydrogens is 232 g/mol. The van der Waals surface area contributed by atoms with Crippen LogP contribution in [-0.4, -0.2) is 33.2 Å². The van der Waals surface area contributed by atoms with E-state index in [1.807, 2.05) is 41.4 Å². The number of aryl methyl sites for hydroxylation is 1. The first-order chi connectivity index (χ1) is 8.20. The number of pyridine rings is 1. The molecule has 92 valence electrons. The molecule has 0 spiro atoms. The molecule has 5 heteroatoms. The first-order valence-electron chi connectivity index (χ1n) is 5.76. The van der Waals surface area contributed by atoms with E-state index < -0.39 is 0 Å². The second-order valence-electron chi connectivity index (χ2n) is 4.31. The van der Waals surface area contributed by atoms with Gasteiger partial charge in [0.25, 0.3) is 0 Å². The van der Waals surface area contributed by atoms with Gasteiger partial charge in [-0.3, -0.25) is 0 Å². The summed E-state index contributed by atoms with van der Waals surface area (Å²) < 4.78 is 1.86. The maximum atomic E-state index is 4.44. The predicted molar refractivity (Wildman–Crippen MR) is 73.8 cm³/mol. The average molecular weight is 250 g/mol. The van der Waals surface area contributed by atoms with Crippen molar-refractivity contribution < 1.29 is 0 Å². The van der Waals surface area contributed by atoms with E-state index in [2.05, 4.69) is 28.6 Å². The summed E-state index contributed by atoms with van der Waals surface area (Å²) in [5, 5.41) is 7.72. The van der Waals surface area contributed by atoms with E-state index in [0.29, 0.717) is 11.9 Å². The fraction of sp³-hybridized carbons (Fsp3) is 0.500. The van der Waals surface area contributed by atoms with Gasteiger partial charge < -0.3 is 5.32 Å². The molecule has 1 unspecified atom stereocenters. The van der Waals surface area contributed by atoms with E-state index in [1.165, 1.54) is 0 Å². The smallest absolute Gasteiger partial charge is 0.243 e. The summed E-state index contributed by atoms with van der Waals surface area (Å²) >= 11 is 1.87. The maximum absolute atomic E-state index is 4.44. The van der Waals surface area contributed by atoms with E-state index in [-0.39, 0.29) is 0 Å². The molecule has 1 N–H and O–H groups in total. The van der Waals surface area contributed by atoms with E-state index in [1.54, 1.807) is 0 Å². The van der Waals surface area contributed by atoms with Gasteiger partial charge in [-0.1, -0.05) is 13.0 Å². The van der Waals surface area contributed by atoms with Crippen molar-refractivity contribution in [3.63, 3.8) is 0 Å². The molecule has 2 aromatic heterocycles. The Bertz CT molecular complexity index is 494. The molecule has 17 heavy (non-hydrogen) atoms. The lowest BCUT2D eigenvalue weighted by Crippen LogP contribution is -2.14. The summed E-state index contributed by atoms with van der Waals surface area (Å²) in [7, 11) is 0. The molecular formula is C12H18N4S. The third-order valence-electron chi connectivity index (χ3n) is 2.61. The number of nitrogens with zero attached hydrogens (tertiary/aromatic N) is 3. The molecule has 0 aromatic carbocycles. The van der Waals surface area contributed by atoms with Crippen molar-refractivity contribution in [3.05, 3.63) is 23.9 Å². The quantitative estimate of drug-likeness (QED) is 0.885. The van der Waals surface area contributed by atoms with Gasteiger partial charge in [-0.25, -0.2) is 4.52 Å². The molecule has 0 saturated carbocycles. The molecule has 2 heterocycles. The lowest BCUT2D eigenvalue weighted by Gasteiger charge is -2.08. The Hall–Kier alpha value is -1.23. The molecule has 0 fully saturated rings. The number of hydrogen-bond acceptors (Lipinski definition) is 4. The summed E-state index contributed by atoms with van der Waals surface area (Å²) in [6.07, 6.45) is 2.13. The van der Waals surface area contributed by atoms with Crippen LogP contribution in [0.3, 0.4) is 0 Å². The first kappa shape index (κ1) is 12.2. The minimum atomic E-state index is 0.623. The van der Waals surface area contributed by atoms with Crippen LogP contribution >= 0.6 is 11.8 Å². The SMILES string of the molecule is CSCC(C)CNc1nc2cccc(C)n2n1. The van der Waals surface area contributed by atoms with Crippen molar-refractivity contribution >= 4 is 23.4 Å². The highest BCUT2D eigenvalue weighted by Crippen LogP contribution is 2.09. The molecule has 0 aliphatic heterocycles. The Labute approximate surface area is 106 Å². The van der Waals surface area contributed by atoms with E-state index in [9.17, 15) is 0 Å². The second-order valence-corrected chi connectivity index (χ2v) is 5.22. The van der Waals surface area contributed by atoms with E-state index >= 15 is 0 Å². The third kappa shape index (κ3) is 2.91. The average Bonchev–Trinajstić information content (AvgIpc) is 2.71. The van der Waals surface area contributed by atoms with Crippen LogP contribution in [0.5, 0.6) is 0 Å². The van der Waals surface area contributed by atoms with Gasteiger partial charge in [0, 0.05) is 12.2 Å². The van der Waals surface area contributed by atoms with Crippen molar-refractivity contribution in [1.82, 2.24) is 14.6 Å². The zero-order valence-electron chi connectivity index (χ0n) is 10.5. The zero-order chi connectivity index (χ0) is 12.3. The van der Waals surface area contributed by atoms with Gasteiger partial charge in [-0.05, 0) is 37.0 Å². The van der Waals surface area contributed by atoms with Crippen LogP contribution in [0, 0.1) is 12.8 Å². The normalized spacial score (nSPS) is 12.9. The number of hydrogen-bond donors (Lipinski definition) is 1. The van der Waals surface area contributed by atoms with Crippen LogP contribution in [0.15, 0.2) is 18.2 Å². The van der Waals surface area contributed by atoms with Gasteiger partial charge in [-0.2, -0.15) is 16.7 Å². The molecule has 0 aliphatic carbocycles. The fourth-order valence-corrected chi connectivity index (χ4v) is 2.41. The number of thioether (sulfide) groups is 1. The zero-order valence-corrected chi connectivity index (χ0v) is 11.3. The maximum Gasteiger partial charge on any atom is 0.243 e. The second kappa shape index (κ2) is 5.40. The molecule has 0 amide bonds. The van der Waals surface area contributed by atoms with Gasteiger partial charge in [-0.15, -0.1) is 5.10 Å². The van der Waals surface area contributed by atoms with Crippen LogP contribution in [-0.2, 0) is 0 Å². The molecule has 0 bridgehead atoms. The Kier molecular flexibility index (Phi) is 3.89. The number of rotatable bonds is 5. The third-order valence-corrected chi connectivity index (χ3v) is 3.51. The monoisotopic (exact) mass is 250 g/mol. The topological polar surface area (TPSA) is 42.2 Å². The van der Waals surface area contributed by atoms with Crippen LogP contribution < -0.4 is 5.32 Å². The lowest BCUT2D eigenvalue weighted by atomic mass is 10.2. The molecule has 2 rings (SSSR count). The Morgan fingerprint density at radius 1 is 1.47 bits per heavy atom. The first-order valence-corrected chi connectivity index (χ1v) is 7.15. The lowest BCUT2D eigenvalue weighted by molar-refractivity contribution is 0.696. The van der Waals surface area contributed by atoms with Crippen molar-refractivity contribution in [2.75, 3.05) is 23.9 Å². The molecule has 0 aliphatic rings. The summed E-state index contributed by atoms with van der Waals surface area (Å²) in [5.41, 5.74) is 1.99. The van der Waals surface area contributed by atoms with E-state index in [4.69, 9.17) is 0 Å². The largest absolute Gasteiger partial charge is 0.353 e. The van der Waals surface area contributed by atoms with Crippen LogP contribution in [0.4, 0.5) is 5.95 Å². The van der Waals surface area contributed by atoms with Gasteiger partial charge in [0.15, 0.2) is 5.65 Å². The van der Waals surface area contributed by atoms with Gasteiger partial charge in [0.05, 0.1) is 0 Å². The van der Waals surface area contributed by atoms with Crippen LogP contribution in [0.2, 0.25) is 0 Å².